The summed E-state index contributed by atoms with van der Waals surface area (Å²) in [6.45, 7) is 1.76. The maximum atomic E-state index is 5.09. The van der Waals surface area contributed by atoms with E-state index in [1.54, 1.807) is 13.1 Å². The van der Waals surface area contributed by atoms with Crippen molar-refractivity contribution in [2.24, 2.45) is 4.99 Å². The summed E-state index contributed by atoms with van der Waals surface area (Å²) in [7, 11) is 5.09. The molecule has 0 N–H and O–H groups in total. The second kappa shape index (κ2) is 2.43. The third kappa shape index (κ3) is 1.38. The Hall–Kier alpha value is -1.13. The van der Waals surface area contributed by atoms with E-state index in [4.69, 9.17) is 7.85 Å². The molecule has 2 radical (unpaired) electrons. The van der Waals surface area contributed by atoms with E-state index in [1.165, 1.54) is 0 Å². The van der Waals surface area contributed by atoms with Crippen molar-refractivity contribution in [3.63, 3.8) is 0 Å². The largest absolute Gasteiger partial charge is 0.350 e. The molecule has 4 nitrogen and oxygen atoms in total. The van der Waals surface area contributed by atoms with Crippen molar-refractivity contribution in [1.29, 1.82) is 0 Å². The van der Waals surface area contributed by atoms with Crippen molar-refractivity contribution < 1.29 is 4.52 Å². The molecule has 1 rings (SSSR count). The van der Waals surface area contributed by atoms with Crippen LogP contribution in [-0.4, -0.2) is 24.2 Å². The van der Waals surface area contributed by atoms with Crippen molar-refractivity contribution in [2.45, 2.75) is 6.92 Å². The highest BCUT2D eigenvalue weighted by molar-refractivity contribution is 6.28. The Morgan fingerprint density at radius 1 is 1.78 bits per heavy atom. The molecular weight excluding hydrogens is 117 g/mol. The summed E-state index contributed by atoms with van der Waals surface area (Å²) in [6.07, 6.45) is 1.56. The summed E-state index contributed by atoms with van der Waals surface area (Å²) < 4.78 is 4.42. The normalized spacial score (nSPS) is 10.8. The van der Waals surface area contributed by atoms with E-state index in [-0.39, 0.29) is 11.7 Å². The molecule has 0 saturated heterocycles. The molecule has 1 aromatic rings. The average molecular weight is 121 g/mol. The van der Waals surface area contributed by atoms with Gasteiger partial charge in [0.05, 0.1) is 0 Å². The molecule has 0 saturated carbocycles. The topological polar surface area (TPSA) is 51.3 Å². The third-order valence-electron chi connectivity index (χ3n) is 0.676. The highest BCUT2D eigenvalue weighted by atomic mass is 16.5. The lowest BCUT2D eigenvalue weighted by Crippen LogP contribution is -1.99. The Kier molecular flexibility index (Phi) is 1.62. The highest BCUT2D eigenvalue weighted by Crippen LogP contribution is 1.95. The second-order valence-electron chi connectivity index (χ2n) is 1.32. The van der Waals surface area contributed by atoms with Crippen molar-refractivity contribution in [2.75, 3.05) is 0 Å². The minimum Gasteiger partial charge on any atom is -0.350 e. The minimum atomic E-state index is 0.0376. The van der Waals surface area contributed by atoms with E-state index in [0.717, 1.165) is 0 Å². The lowest BCUT2D eigenvalue weighted by atomic mass is 10.2. The number of hydrogen-bond acceptors (Lipinski definition) is 4. The van der Waals surface area contributed by atoms with Gasteiger partial charge in [-0.15, -0.1) is 0 Å². The summed E-state index contributed by atoms with van der Waals surface area (Å²) in [5.74, 6) is 0.297. The van der Waals surface area contributed by atoms with Gasteiger partial charge in [-0.05, 0) is 12.1 Å². The van der Waals surface area contributed by atoms with Crippen LogP contribution in [0.2, 0.25) is 0 Å². The van der Waals surface area contributed by atoms with Crippen LogP contribution < -0.4 is 5.79 Å². The predicted octanol–water partition coefficient (Wildman–Crippen LogP) is -0.414. The summed E-state index contributed by atoms with van der Waals surface area (Å²) >= 11 is 0. The summed E-state index contributed by atoms with van der Waals surface area (Å²) in [6, 6.07) is 0. The zero-order valence-electron chi connectivity index (χ0n) is 4.90. The van der Waals surface area contributed by atoms with E-state index >= 15 is 0 Å². The van der Waals surface area contributed by atoms with E-state index in [1.807, 2.05) is 0 Å². The number of nitrogens with zero attached hydrogens (tertiary/aromatic N) is 3. The summed E-state index contributed by atoms with van der Waals surface area (Å²) in [5.41, 5.74) is 0. The van der Waals surface area contributed by atoms with Gasteiger partial charge < -0.3 is 4.52 Å². The predicted molar refractivity (Wildman–Crippen MR) is 33.5 cm³/mol. The van der Waals surface area contributed by atoms with Crippen molar-refractivity contribution >= 4 is 25.8 Å². The summed E-state index contributed by atoms with van der Waals surface area (Å²) in [5, 5.41) is 3.40. The van der Waals surface area contributed by atoms with Gasteiger partial charge in [0.2, 0.25) is 7.85 Å². The Labute approximate surface area is 53.4 Å². The quantitative estimate of drug-likeness (QED) is 0.374. The number of hydrogen-bond donors (Lipinski definition) is 0. The van der Waals surface area contributed by atoms with Gasteiger partial charge in [-0.25, -0.2) is 4.99 Å². The first-order valence-electron chi connectivity index (χ1n) is 2.41. The summed E-state index contributed by atoms with van der Waals surface area (Å²) in [4.78, 5) is 7.31. The molecule has 0 unspecified atom stereocenters. The van der Waals surface area contributed by atoms with Crippen molar-refractivity contribution in [3.8, 4) is 0 Å². The van der Waals surface area contributed by atoms with Crippen LogP contribution >= 0.6 is 0 Å². The molecule has 0 fully saturated rings. The number of aromatic nitrogens is 2. The smallest absolute Gasteiger partial charge is 0.288 e. The van der Waals surface area contributed by atoms with E-state index in [0.29, 0.717) is 0 Å². The maximum Gasteiger partial charge on any atom is 0.288 e. The third-order valence-corrected chi connectivity index (χ3v) is 0.676. The van der Waals surface area contributed by atoms with Gasteiger partial charge in [0.15, 0.2) is 5.79 Å². The van der Waals surface area contributed by atoms with Crippen LogP contribution in [0.4, 0.5) is 5.95 Å². The Morgan fingerprint density at radius 2 is 2.56 bits per heavy atom. The fourth-order valence-electron chi connectivity index (χ4n) is 0.395. The van der Waals surface area contributed by atoms with Crippen molar-refractivity contribution in [3.05, 3.63) is 0 Å². The van der Waals surface area contributed by atoms with Crippen LogP contribution in [0.15, 0.2) is 9.52 Å². The van der Waals surface area contributed by atoms with E-state index in [2.05, 4.69) is 19.7 Å². The van der Waals surface area contributed by atoms with Crippen LogP contribution in [0.1, 0.15) is 6.92 Å². The zero-order chi connectivity index (χ0) is 6.69. The van der Waals surface area contributed by atoms with E-state index < -0.39 is 0 Å². The standard InChI is InChI=1S/C4H4BN3O/c1-2-6-4-7-3(5)9-8-4/h2H,1H3. The van der Waals surface area contributed by atoms with Gasteiger partial charge in [0, 0.05) is 6.21 Å². The van der Waals surface area contributed by atoms with Gasteiger partial charge in [0.25, 0.3) is 5.95 Å². The Bertz CT molecular complexity index is 219. The number of rotatable bonds is 1. The molecule has 0 atom stereocenters. The Morgan fingerprint density at radius 3 is 3.00 bits per heavy atom. The zero-order valence-corrected chi connectivity index (χ0v) is 4.90. The molecule has 0 spiro atoms. The lowest BCUT2D eigenvalue weighted by molar-refractivity contribution is 0.447. The first kappa shape index (κ1) is 6.00. The van der Waals surface area contributed by atoms with Crippen LogP contribution in [0, 0.1) is 0 Å². The van der Waals surface area contributed by atoms with Crippen LogP contribution in [0.3, 0.4) is 0 Å². The molecule has 0 amide bonds. The van der Waals surface area contributed by atoms with Crippen LogP contribution in [0.5, 0.6) is 0 Å². The van der Waals surface area contributed by atoms with E-state index in [9.17, 15) is 0 Å². The lowest BCUT2D eigenvalue weighted by Gasteiger charge is -1.71. The molecule has 0 bridgehead atoms. The molecule has 44 valence electrons. The molecule has 5 heteroatoms. The molecule has 1 aromatic heterocycles. The molecule has 0 aliphatic rings. The fourth-order valence-corrected chi connectivity index (χ4v) is 0.395. The molecule has 0 aliphatic carbocycles. The van der Waals surface area contributed by atoms with Gasteiger partial charge in [0.1, 0.15) is 0 Å². The van der Waals surface area contributed by atoms with Gasteiger partial charge in [-0.1, -0.05) is 0 Å². The number of aliphatic imine (C=N–C) groups is 1. The van der Waals surface area contributed by atoms with Gasteiger partial charge >= 0.3 is 0 Å². The first-order valence-corrected chi connectivity index (χ1v) is 2.41. The molecule has 1 heterocycles. The molecule has 9 heavy (non-hydrogen) atoms. The molecular formula is C4H4BN3O. The van der Waals surface area contributed by atoms with Crippen LogP contribution in [0.25, 0.3) is 0 Å². The fraction of sp³-hybridized carbons (Fsp3) is 0.250. The highest BCUT2D eigenvalue weighted by Gasteiger charge is 1.94. The monoisotopic (exact) mass is 121 g/mol. The van der Waals surface area contributed by atoms with Crippen LogP contribution in [-0.2, 0) is 0 Å². The van der Waals surface area contributed by atoms with Gasteiger partial charge in [-0.2, -0.15) is 4.98 Å². The molecule has 0 aliphatic heterocycles. The first-order chi connectivity index (χ1) is 4.33. The SMILES string of the molecule is [B]c1nc(N=CC)no1. The van der Waals surface area contributed by atoms with Gasteiger partial charge in [-0.3, -0.25) is 0 Å². The minimum absolute atomic E-state index is 0.0376. The maximum absolute atomic E-state index is 5.09. The molecule has 0 aromatic carbocycles. The Balaban J connectivity index is 2.85. The second-order valence-corrected chi connectivity index (χ2v) is 1.32. The average Bonchev–Trinajstić information content (AvgIpc) is 2.17. The van der Waals surface area contributed by atoms with Crippen molar-refractivity contribution in [1.82, 2.24) is 10.1 Å².